The van der Waals surface area contributed by atoms with E-state index in [9.17, 15) is 4.39 Å². The quantitative estimate of drug-likeness (QED) is 0.794. The van der Waals surface area contributed by atoms with E-state index >= 15 is 0 Å². The van der Waals surface area contributed by atoms with E-state index in [1.165, 1.54) is 24.0 Å². The molecule has 0 radical (unpaired) electrons. The van der Waals surface area contributed by atoms with Crippen molar-refractivity contribution in [3.63, 3.8) is 0 Å². The van der Waals surface area contributed by atoms with Gasteiger partial charge in [-0.2, -0.15) is 0 Å². The number of benzene rings is 2. The molecule has 0 amide bonds. The first kappa shape index (κ1) is 13.3. The summed E-state index contributed by atoms with van der Waals surface area (Å²) in [6.45, 7) is 0. The Hall–Kier alpha value is -1.67. The van der Waals surface area contributed by atoms with Gasteiger partial charge in [0.25, 0.3) is 0 Å². The van der Waals surface area contributed by atoms with Gasteiger partial charge >= 0.3 is 0 Å². The summed E-state index contributed by atoms with van der Waals surface area (Å²) in [6.07, 6.45) is 7.18. The van der Waals surface area contributed by atoms with Crippen LogP contribution in [0, 0.1) is 5.82 Å². The summed E-state index contributed by atoms with van der Waals surface area (Å²) in [7, 11) is 1.98. The summed E-state index contributed by atoms with van der Waals surface area (Å²) < 4.78 is 13.9. The fraction of sp³-hybridized carbons (Fsp3) is 0.333. The van der Waals surface area contributed by atoms with Gasteiger partial charge in [0.1, 0.15) is 5.82 Å². The van der Waals surface area contributed by atoms with Crippen molar-refractivity contribution in [1.82, 2.24) is 5.32 Å². The van der Waals surface area contributed by atoms with Crippen molar-refractivity contribution in [3.05, 3.63) is 59.4 Å². The molecule has 104 valence electrons. The van der Waals surface area contributed by atoms with Crippen molar-refractivity contribution >= 4 is 10.8 Å². The molecule has 2 heteroatoms. The maximum atomic E-state index is 13.9. The molecule has 0 heterocycles. The van der Waals surface area contributed by atoms with Gasteiger partial charge in [0.2, 0.25) is 0 Å². The van der Waals surface area contributed by atoms with Crippen LogP contribution in [-0.4, -0.2) is 7.05 Å². The minimum Gasteiger partial charge on any atom is -0.310 e. The summed E-state index contributed by atoms with van der Waals surface area (Å²) in [5.41, 5.74) is 2.62. The zero-order chi connectivity index (χ0) is 13.9. The number of rotatable bonds is 3. The zero-order valence-electron chi connectivity index (χ0n) is 11.8. The molecular weight excluding hydrogens is 249 g/mol. The Kier molecular flexibility index (Phi) is 3.83. The molecule has 1 aliphatic carbocycles. The van der Waals surface area contributed by atoms with Gasteiger partial charge in [-0.25, -0.2) is 4.39 Å². The first-order valence-electron chi connectivity index (χ1n) is 7.34. The van der Waals surface area contributed by atoms with E-state index < -0.39 is 0 Å². The molecule has 20 heavy (non-hydrogen) atoms. The summed E-state index contributed by atoms with van der Waals surface area (Å²) in [6, 6.07) is 11.5. The van der Waals surface area contributed by atoms with E-state index in [1.807, 2.05) is 37.4 Å². The third kappa shape index (κ3) is 2.36. The lowest BCUT2D eigenvalue weighted by Crippen LogP contribution is -2.20. The molecule has 0 saturated heterocycles. The molecule has 1 aliphatic rings. The Balaban J connectivity index is 2.12. The Bertz CT molecular complexity index is 645. The van der Waals surface area contributed by atoms with Crippen LogP contribution in [0.1, 0.15) is 37.3 Å². The van der Waals surface area contributed by atoms with Crippen LogP contribution < -0.4 is 5.32 Å². The predicted octanol–water partition coefficient (Wildman–Crippen LogP) is 4.74. The number of fused-ring (bicyclic) bond motifs is 1. The van der Waals surface area contributed by atoms with Gasteiger partial charge in [-0.05, 0) is 49.7 Å². The van der Waals surface area contributed by atoms with Crippen LogP contribution in [0.4, 0.5) is 4.39 Å². The lowest BCUT2D eigenvalue weighted by Gasteiger charge is -2.24. The van der Waals surface area contributed by atoms with E-state index in [-0.39, 0.29) is 11.9 Å². The van der Waals surface area contributed by atoms with Crippen LogP contribution in [0.25, 0.3) is 10.8 Å². The summed E-state index contributed by atoms with van der Waals surface area (Å²) in [5.74, 6) is -0.142. The standard InChI is InChI=1S/C18H20FN/c1-20-18(13-7-3-2-4-8-13)16-11-12-17(19)15-10-6-5-9-14(15)16/h5-7,9-12,18,20H,2-4,8H2,1H3. The zero-order valence-corrected chi connectivity index (χ0v) is 11.8. The summed E-state index contributed by atoms with van der Waals surface area (Å²) in [5, 5.41) is 5.13. The molecule has 0 aromatic heterocycles. The number of nitrogens with one attached hydrogen (secondary N) is 1. The molecule has 0 aliphatic heterocycles. The minimum absolute atomic E-state index is 0.142. The predicted molar refractivity (Wildman–Crippen MR) is 82.3 cm³/mol. The van der Waals surface area contributed by atoms with Crippen LogP contribution in [0.3, 0.4) is 0 Å². The Morgan fingerprint density at radius 2 is 1.85 bits per heavy atom. The molecule has 2 aromatic rings. The first-order chi connectivity index (χ1) is 9.81. The van der Waals surface area contributed by atoms with E-state index in [0.717, 1.165) is 18.2 Å². The van der Waals surface area contributed by atoms with Crippen molar-refractivity contribution < 1.29 is 4.39 Å². The third-order valence-corrected chi connectivity index (χ3v) is 4.20. The van der Waals surface area contributed by atoms with E-state index in [4.69, 9.17) is 0 Å². The van der Waals surface area contributed by atoms with Crippen LogP contribution in [-0.2, 0) is 0 Å². The molecule has 1 atom stereocenters. The molecule has 0 saturated carbocycles. The Morgan fingerprint density at radius 3 is 2.55 bits per heavy atom. The molecular formula is C18H20FN. The van der Waals surface area contributed by atoms with Crippen molar-refractivity contribution in [1.29, 1.82) is 0 Å². The smallest absolute Gasteiger partial charge is 0.131 e. The van der Waals surface area contributed by atoms with Gasteiger partial charge < -0.3 is 5.32 Å². The van der Waals surface area contributed by atoms with Crippen LogP contribution in [0.2, 0.25) is 0 Å². The molecule has 1 N–H and O–H groups in total. The second kappa shape index (κ2) is 5.76. The monoisotopic (exact) mass is 269 g/mol. The molecule has 1 unspecified atom stereocenters. The number of allylic oxidation sites excluding steroid dienone is 1. The van der Waals surface area contributed by atoms with Crippen molar-refractivity contribution in [2.45, 2.75) is 31.7 Å². The third-order valence-electron chi connectivity index (χ3n) is 4.20. The lowest BCUT2D eigenvalue weighted by atomic mass is 9.87. The van der Waals surface area contributed by atoms with E-state index in [1.54, 1.807) is 6.07 Å². The minimum atomic E-state index is -0.142. The maximum absolute atomic E-state index is 13.9. The molecule has 1 nitrogen and oxygen atoms in total. The largest absolute Gasteiger partial charge is 0.310 e. The summed E-state index contributed by atoms with van der Waals surface area (Å²) in [4.78, 5) is 0. The highest BCUT2D eigenvalue weighted by Crippen LogP contribution is 2.34. The molecule has 0 bridgehead atoms. The average Bonchev–Trinajstić information content (AvgIpc) is 2.52. The first-order valence-corrected chi connectivity index (χ1v) is 7.34. The van der Waals surface area contributed by atoms with Gasteiger partial charge in [0, 0.05) is 5.39 Å². The number of halogens is 1. The average molecular weight is 269 g/mol. The lowest BCUT2D eigenvalue weighted by molar-refractivity contribution is 0.593. The molecule has 3 rings (SSSR count). The highest BCUT2D eigenvalue weighted by molar-refractivity contribution is 5.87. The van der Waals surface area contributed by atoms with E-state index in [2.05, 4.69) is 11.4 Å². The van der Waals surface area contributed by atoms with Crippen LogP contribution in [0.15, 0.2) is 48.0 Å². The maximum Gasteiger partial charge on any atom is 0.131 e. The highest BCUT2D eigenvalue weighted by atomic mass is 19.1. The second-order valence-corrected chi connectivity index (χ2v) is 5.43. The molecule has 0 fully saturated rings. The highest BCUT2D eigenvalue weighted by Gasteiger charge is 2.19. The van der Waals surface area contributed by atoms with Crippen LogP contribution >= 0.6 is 0 Å². The number of likely N-dealkylation sites (N-methyl/N-ethyl adjacent to an activating group) is 1. The van der Waals surface area contributed by atoms with Crippen molar-refractivity contribution in [2.75, 3.05) is 7.05 Å². The van der Waals surface area contributed by atoms with Crippen molar-refractivity contribution in [2.24, 2.45) is 0 Å². The summed E-state index contributed by atoms with van der Waals surface area (Å²) >= 11 is 0. The van der Waals surface area contributed by atoms with Gasteiger partial charge in [0.05, 0.1) is 6.04 Å². The molecule has 2 aromatic carbocycles. The fourth-order valence-electron chi connectivity index (χ4n) is 3.20. The SMILES string of the molecule is CNC(C1=CCCCC1)c1ccc(F)c2ccccc12. The van der Waals surface area contributed by atoms with Gasteiger partial charge in [-0.15, -0.1) is 0 Å². The fourth-order valence-corrected chi connectivity index (χ4v) is 3.20. The van der Waals surface area contributed by atoms with Gasteiger partial charge in [-0.3, -0.25) is 0 Å². The number of hydrogen-bond acceptors (Lipinski definition) is 1. The van der Waals surface area contributed by atoms with Crippen molar-refractivity contribution in [3.8, 4) is 0 Å². The Labute approximate surface area is 119 Å². The van der Waals surface area contributed by atoms with Gasteiger partial charge in [-0.1, -0.05) is 42.0 Å². The number of hydrogen-bond donors (Lipinski definition) is 1. The molecule has 0 spiro atoms. The van der Waals surface area contributed by atoms with Crippen LogP contribution in [0.5, 0.6) is 0 Å². The van der Waals surface area contributed by atoms with E-state index in [0.29, 0.717) is 5.39 Å². The van der Waals surface area contributed by atoms with Gasteiger partial charge in [0.15, 0.2) is 0 Å². The topological polar surface area (TPSA) is 12.0 Å². The normalized spacial score (nSPS) is 17.0. The second-order valence-electron chi connectivity index (χ2n) is 5.43. The Morgan fingerprint density at radius 1 is 1.05 bits per heavy atom.